The molecule has 20 heteroatoms. The fourth-order valence-electron chi connectivity index (χ4n) is 10.6. The fraction of sp³-hybridized carbons (Fsp3) is 0.644. The molecule has 5 N–H and O–H groups in total. The van der Waals surface area contributed by atoms with Gasteiger partial charge in [0.15, 0.2) is 0 Å². The number of aromatic nitrogens is 4. The number of amides is 2. The normalized spacial score (nSPS) is 35.0. The van der Waals surface area contributed by atoms with Crippen LogP contribution < -0.4 is 15.5 Å². The Kier molecular flexibility index (Phi) is 21.2. The van der Waals surface area contributed by atoms with Gasteiger partial charge in [-0.1, -0.05) is 101 Å². The van der Waals surface area contributed by atoms with Crippen LogP contribution in [0.1, 0.15) is 121 Å². The minimum Gasteiger partial charge on any atom is -0.481 e. The number of aliphatic carboxylic acids is 1. The number of carboxylic acids is 1. The number of carbonyl (C=O) groups is 4. The first-order valence-electron chi connectivity index (χ1n) is 28.0. The number of rotatable bonds is 19. The number of hydrogen-bond acceptors (Lipinski definition) is 16. The second-order valence-corrected chi connectivity index (χ2v) is 23.2. The number of pyridine rings is 1. The molecule has 2 aromatic rings. The van der Waals surface area contributed by atoms with E-state index in [1.165, 1.54) is 0 Å². The number of nitrogens with zero attached hydrogens (tertiary/aromatic N) is 4. The number of aliphatic hydroxyl groups excluding tert-OH is 2. The van der Waals surface area contributed by atoms with Crippen molar-refractivity contribution in [1.82, 2.24) is 30.8 Å². The largest absolute Gasteiger partial charge is 0.481 e. The summed E-state index contributed by atoms with van der Waals surface area (Å²) in [6.07, 6.45) is 19.9. The molecule has 8 rings (SSSR count). The highest BCUT2D eigenvalue weighted by atomic mass is 16.7. The molecule has 6 aliphatic heterocycles. The number of allylic oxidation sites excluding steroid dienone is 6. The second kappa shape index (κ2) is 27.3. The van der Waals surface area contributed by atoms with Crippen molar-refractivity contribution in [3.63, 3.8) is 0 Å². The minimum absolute atomic E-state index is 0.0174. The number of hydrogen-bond donors (Lipinski definition) is 5. The zero-order chi connectivity index (χ0) is 57.2. The number of fused-ring (bicyclic) bond motifs is 1. The molecule has 6 aliphatic rings. The first-order chi connectivity index (χ1) is 37.5. The van der Waals surface area contributed by atoms with E-state index in [0.29, 0.717) is 49.1 Å². The van der Waals surface area contributed by atoms with E-state index in [1.54, 1.807) is 36.6 Å². The average Bonchev–Trinajstić information content (AvgIpc) is 4.35. The van der Waals surface area contributed by atoms with Gasteiger partial charge in [0, 0.05) is 19.0 Å². The van der Waals surface area contributed by atoms with Gasteiger partial charge in [0.05, 0.1) is 74.8 Å². The number of carboxylic acid groups (broad SMARTS) is 1. The third-order valence-corrected chi connectivity index (χ3v) is 15.5. The van der Waals surface area contributed by atoms with Crippen LogP contribution in [0.4, 0.5) is 0 Å². The highest BCUT2D eigenvalue weighted by Gasteiger charge is 2.59. The summed E-state index contributed by atoms with van der Waals surface area (Å²) in [7, 11) is 0. The predicted molar refractivity (Wildman–Crippen MR) is 293 cm³/mol. The van der Waals surface area contributed by atoms with Crippen LogP contribution in [0.15, 0.2) is 90.2 Å². The molecule has 20 nitrogen and oxygen atoms in total. The Morgan fingerprint density at radius 1 is 0.734 bits per heavy atom. The van der Waals surface area contributed by atoms with Crippen molar-refractivity contribution in [3.8, 4) is 0 Å². The van der Waals surface area contributed by atoms with Crippen LogP contribution in [0.3, 0.4) is 0 Å². The topological polar surface area (TPSA) is 268 Å². The zero-order valence-electron chi connectivity index (χ0n) is 47.4. The van der Waals surface area contributed by atoms with Crippen molar-refractivity contribution < 1.29 is 67.8 Å². The Labute approximate surface area is 464 Å². The molecule has 0 aliphatic carbocycles. The smallest absolute Gasteiger partial charge is 0.337 e. The highest BCUT2D eigenvalue weighted by Crippen LogP contribution is 2.45. The van der Waals surface area contributed by atoms with E-state index in [0.717, 1.165) is 41.7 Å². The molecule has 0 radical (unpaired) electrons. The molecular formula is C59H84N6O14. The highest BCUT2D eigenvalue weighted by molar-refractivity contribution is 5.88. The Morgan fingerprint density at radius 3 is 1.65 bits per heavy atom. The maximum absolute atomic E-state index is 12.7. The SMILES string of the molecule is CC(/C=C/[C@H]1O[C@H](CC(=O)O)C[C@@]2(CO2)[C@@H]1O)=C\C[C@@H]1O[C@H](C)[C@H](NC(=O)/C=C\C(C)C)C[C@@H]1C.CC(/C=C/[C@H]1O[C@H](CC(=O)On2nnc3cccnc32)C[C@@]2(CO2)[C@@H]1O)=C\C[C@@H]1O[C@H](C)[C@H](NC(=O)/C=C\C(C)C)C[C@@H]1C. The van der Waals surface area contributed by atoms with Crippen molar-refractivity contribution >= 4 is 34.9 Å². The molecule has 0 aromatic carbocycles. The summed E-state index contributed by atoms with van der Waals surface area (Å²) in [5.41, 5.74) is 1.45. The lowest BCUT2D eigenvalue weighted by Gasteiger charge is -2.39. The zero-order valence-corrected chi connectivity index (χ0v) is 47.4. The van der Waals surface area contributed by atoms with Crippen molar-refractivity contribution in [2.45, 2.75) is 205 Å². The van der Waals surface area contributed by atoms with Crippen molar-refractivity contribution in [2.24, 2.45) is 23.7 Å². The number of carbonyl (C=O) groups excluding carboxylic acids is 3. The number of nitrogens with one attached hydrogen (secondary N) is 2. The van der Waals surface area contributed by atoms with Gasteiger partial charge in [-0.05, 0) is 111 Å². The van der Waals surface area contributed by atoms with E-state index in [9.17, 15) is 29.4 Å². The summed E-state index contributed by atoms with van der Waals surface area (Å²) < 4.78 is 35.7. The van der Waals surface area contributed by atoms with E-state index >= 15 is 0 Å². The molecule has 6 saturated heterocycles. The summed E-state index contributed by atoms with van der Waals surface area (Å²) >= 11 is 0. The van der Waals surface area contributed by atoms with E-state index in [1.807, 2.05) is 85.8 Å². The van der Waals surface area contributed by atoms with Gasteiger partial charge in [0.25, 0.3) is 0 Å². The Hall–Kier alpha value is -5.45. The summed E-state index contributed by atoms with van der Waals surface area (Å²) in [4.78, 5) is 58.8. The third kappa shape index (κ3) is 17.3. The number of aliphatic hydroxyl groups is 2. The summed E-state index contributed by atoms with van der Waals surface area (Å²) in [6.45, 7) is 21.2. The predicted octanol–water partition coefficient (Wildman–Crippen LogP) is 6.01. The second-order valence-electron chi connectivity index (χ2n) is 23.2. The van der Waals surface area contributed by atoms with Crippen LogP contribution in [-0.2, 0) is 47.6 Å². The molecule has 0 saturated carbocycles. The van der Waals surface area contributed by atoms with Gasteiger partial charge in [-0.15, -0.1) is 5.10 Å². The van der Waals surface area contributed by atoms with Crippen LogP contribution in [0, 0.1) is 23.7 Å². The Bertz CT molecular complexity index is 2600. The molecule has 2 spiro atoms. The lowest BCUT2D eigenvalue weighted by Crippen LogP contribution is -2.50. The van der Waals surface area contributed by atoms with Gasteiger partial charge in [-0.3, -0.25) is 14.4 Å². The molecule has 79 heavy (non-hydrogen) atoms. The standard InChI is InChI=1S/C32H43N5O7.C27H41NO7/c1-19(2)8-13-28(38)34-25-15-21(4)26(42-22(25)5)11-9-20(3)10-12-27-30(40)32(18-41-32)17-23(43-27)16-29(39)44-37-31-24(35-36-37)7-6-14-33-31;1-16(2)6-11-24(29)28-21-12-18(4)22(34-19(21)5)9-7-17(3)8-10-23-26(32)27(15-33-27)14-20(35-23)13-25(30)31/h6-10,12-14,19,21-23,25-27,30,40H,11,15-18H2,1-5H3,(H,34,38);6-8,10-11,16,18-23,26,32H,9,12-15H2,1-5H3,(H,28,29)(H,30,31)/b12-10+,13-8-,20-9+;10-8+,11-6-,17-7+/t21-,22+,23+,25+,26-,27+,30+,32+;18-,19+,20+,21+,22-,23+,26+,27+/m00/s1. The van der Waals surface area contributed by atoms with E-state index in [-0.39, 0.29) is 73.0 Å². The van der Waals surface area contributed by atoms with Gasteiger partial charge >= 0.3 is 11.9 Å². The Morgan fingerprint density at radius 2 is 1.20 bits per heavy atom. The molecule has 0 unspecified atom stereocenters. The monoisotopic (exact) mass is 1100 g/mol. The quantitative estimate of drug-likeness (QED) is 0.0466. The van der Waals surface area contributed by atoms with Gasteiger partial charge in [0.1, 0.15) is 41.1 Å². The minimum atomic E-state index is -0.925. The lowest BCUT2D eigenvalue weighted by atomic mass is 9.87. The number of ether oxygens (including phenoxy) is 6. The van der Waals surface area contributed by atoms with Crippen LogP contribution >= 0.6 is 0 Å². The molecular weight excluding hydrogens is 1020 g/mol. The van der Waals surface area contributed by atoms with Crippen molar-refractivity contribution in [2.75, 3.05) is 13.2 Å². The maximum atomic E-state index is 12.7. The molecule has 6 fully saturated rings. The van der Waals surface area contributed by atoms with Crippen molar-refractivity contribution in [3.05, 3.63) is 90.2 Å². The summed E-state index contributed by atoms with van der Waals surface area (Å²) in [5, 5.41) is 44.7. The van der Waals surface area contributed by atoms with Crippen molar-refractivity contribution in [1.29, 1.82) is 0 Å². The van der Waals surface area contributed by atoms with Crippen LogP contribution in [0.5, 0.6) is 0 Å². The molecule has 8 heterocycles. The molecule has 2 amide bonds. The van der Waals surface area contributed by atoms with Gasteiger partial charge < -0.3 is 59.2 Å². The number of epoxide rings is 2. The molecule has 2 aromatic heterocycles. The van der Waals surface area contributed by atoms with Crippen LogP contribution in [0.2, 0.25) is 0 Å². The summed E-state index contributed by atoms with van der Waals surface area (Å²) in [6, 6.07) is 3.40. The van der Waals surface area contributed by atoms with Crippen LogP contribution in [-0.4, -0.2) is 157 Å². The molecule has 0 bridgehead atoms. The first-order valence-corrected chi connectivity index (χ1v) is 28.0. The average molecular weight is 1100 g/mol. The van der Waals surface area contributed by atoms with Crippen LogP contribution in [0.25, 0.3) is 11.2 Å². The Balaban J connectivity index is 0.000000235. The van der Waals surface area contributed by atoms with E-state index in [4.69, 9.17) is 38.4 Å². The molecule has 16 atom stereocenters. The fourth-order valence-corrected chi connectivity index (χ4v) is 10.6. The third-order valence-electron chi connectivity index (χ3n) is 15.5. The van der Waals surface area contributed by atoms with Gasteiger partial charge in [0.2, 0.25) is 17.5 Å². The maximum Gasteiger partial charge on any atom is 0.337 e. The lowest BCUT2D eigenvalue weighted by molar-refractivity contribution is -0.161. The molecule has 434 valence electrons. The van der Waals surface area contributed by atoms with E-state index < -0.39 is 59.8 Å². The first kappa shape index (κ1) is 61.2. The van der Waals surface area contributed by atoms with E-state index in [2.05, 4.69) is 51.9 Å². The summed E-state index contributed by atoms with van der Waals surface area (Å²) in [5.74, 6) is -0.450. The van der Waals surface area contributed by atoms with Gasteiger partial charge in [-0.2, -0.15) is 0 Å². The van der Waals surface area contributed by atoms with Gasteiger partial charge in [-0.25, -0.2) is 9.78 Å².